The number of hydrogen-bond acceptors (Lipinski definition) is 5. The number of halogens is 2. The van der Waals surface area contributed by atoms with E-state index in [1.165, 1.54) is 30.3 Å². The predicted molar refractivity (Wildman–Crippen MR) is 102 cm³/mol. The maximum Gasteiger partial charge on any atom is 0.271 e. The fourth-order valence-electron chi connectivity index (χ4n) is 2.93. The highest BCUT2D eigenvalue weighted by Gasteiger charge is 2.20. The molecule has 0 bridgehead atoms. The Kier molecular flexibility index (Phi) is 5.88. The first-order valence-electron chi connectivity index (χ1n) is 8.39. The lowest BCUT2D eigenvalue weighted by molar-refractivity contribution is -0.384. The van der Waals surface area contributed by atoms with Crippen LogP contribution in [0.5, 0.6) is 0 Å². The number of carbonyl (C=O) groups is 1. The van der Waals surface area contributed by atoms with Crippen LogP contribution in [-0.4, -0.2) is 48.5 Å². The van der Waals surface area contributed by atoms with Gasteiger partial charge in [-0.3, -0.25) is 19.8 Å². The van der Waals surface area contributed by atoms with Crippen LogP contribution < -0.4 is 10.2 Å². The molecule has 0 saturated carbocycles. The molecule has 1 aliphatic rings. The van der Waals surface area contributed by atoms with Gasteiger partial charge in [0.2, 0.25) is 5.91 Å². The van der Waals surface area contributed by atoms with Crippen molar-refractivity contribution >= 4 is 34.6 Å². The van der Waals surface area contributed by atoms with Crippen molar-refractivity contribution in [2.24, 2.45) is 0 Å². The summed E-state index contributed by atoms with van der Waals surface area (Å²) < 4.78 is 13.0. The summed E-state index contributed by atoms with van der Waals surface area (Å²) in [7, 11) is 0. The van der Waals surface area contributed by atoms with Crippen molar-refractivity contribution < 1.29 is 14.1 Å². The number of nitrogens with one attached hydrogen (secondary N) is 1. The summed E-state index contributed by atoms with van der Waals surface area (Å²) in [5.74, 6) is -0.500. The Bertz CT molecular complexity index is 839. The van der Waals surface area contributed by atoms with Gasteiger partial charge in [0, 0.05) is 44.0 Å². The second kappa shape index (κ2) is 8.32. The Morgan fingerprint density at radius 3 is 2.41 bits per heavy atom. The maximum atomic E-state index is 13.0. The fourth-order valence-corrected chi connectivity index (χ4v) is 3.15. The van der Waals surface area contributed by atoms with E-state index in [1.54, 1.807) is 12.1 Å². The van der Waals surface area contributed by atoms with Gasteiger partial charge in [-0.1, -0.05) is 11.6 Å². The molecule has 0 atom stereocenters. The molecule has 3 rings (SSSR count). The van der Waals surface area contributed by atoms with E-state index < -0.39 is 4.92 Å². The van der Waals surface area contributed by atoms with Gasteiger partial charge in [0.1, 0.15) is 5.82 Å². The molecule has 1 amide bonds. The minimum absolute atomic E-state index is 0.124. The van der Waals surface area contributed by atoms with Crippen molar-refractivity contribution in [1.29, 1.82) is 0 Å². The second-order valence-electron chi connectivity index (χ2n) is 6.21. The molecular weight excluding hydrogens is 375 g/mol. The van der Waals surface area contributed by atoms with Gasteiger partial charge in [-0.25, -0.2) is 4.39 Å². The van der Waals surface area contributed by atoms with Crippen LogP contribution in [0.4, 0.5) is 21.5 Å². The van der Waals surface area contributed by atoms with Crippen molar-refractivity contribution in [2.45, 2.75) is 0 Å². The molecule has 0 aliphatic carbocycles. The van der Waals surface area contributed by atoms with Crippen LogP contribution in [-0.2, 0) is 4.79 Å². The standard InChI is InChI=1S/C18H18ClFN4O3/c19-16-11-15(24(26)27)5-6-17(16)21-18(25)12-22-7-9-23(10-8-22)14-3-1-13(20)2-4-14/h1-6,11H,7-10,12H2,(H,21,25). The summed E-state index contributed by atoms with van der Waals surface area (Å²) in [4.78, 5) is 26.6. The van der Waals surface area contributed by atoms with E-state index in [0.717, 1.165) is 18.8 Å². The van der Waals surface area contributed by atoms with Crippen LogP contribution in [0.3, 0.4) is 0 Å². The van der Waals surface area contributed by atoms with Gasteiger partial charge in [-0.05, 0) is 30.3 Å². The highest BCUT2D eigenvalue weighted by atomic mass is 35.5. The number of rotatable bonds is 5. The van der Waals surface area contributed by atoms with Gasteiger partial charge in [0.05, 0.1) is 22.2 Å². The molecule has 2 aromatic carbocycles. The van der Waals surface area contributed by atoms with Gasteiger partial charge >= 0.3 is 0 Å². The lowest BCUT2D eigenvalue weighted by Gasteiger charge is -2.35. The van der Waals surface area contributed by atoms with E-state index in [4.69, 9.17) is 11.6 Å². The smallest absolute Gasteiger partial charge is 0.271 e. The van der Waals surface area contributed by atoms with Crippen molar-refractivity contribution in [3.05, 3.63) is 63.4 Å². The third-order valence-corrected chi connectivity index (χ3v) is 4.68. The Balaban J connectivity index is 1.51. The van der Waals surface area contributed by atoms with E-state index in [2.05, 4.69) is 10.2 Å². The SMILES string of the molecule is O=C(CN1CCN(c2ccc(F)cc2)CC1)Nc1ccc([N+](=O)[O-])cc1Cl. The number of nitro groups is 1. The van der Waals surface area contributed by atoms with Gasteiger partial charge in [-0.15, -0.1) is 0 Å². The number of hydrogen-bond donors (Lipinski definition) is 1. The van der Waals surface area contributed by atoms with Gasteiger partial charge in [0.25, 0.3) is 5.69 Å². The number of piperazine rings is 1. The molecule has 0 radical (unpaired) electrons. The number of benzene rings is 2. The number of carbonyl (C=O) groups excluding carboxylic acids is 1. The van der Waals surface area contributed by atoms with E-state index in [9.17, 15) is 19.3 Å². The van der Waals surface area contributed by atoms with E-state index in [0.29, 0.717) is 18.8 Å². The Hall–Kier alpha value is -2.71. The van der Waals surface area contributed by atoms with Crippen LogP contribution >= 0.6 is 11.6 Å². The topological polar surface area (TPSA) is 78.7 Å². The lowest BCUT2D eigenvalue weighted by Crippen LogP contribution is -2.48. The summed E-state index contributed by atoms with van der Waals surface area (Å²) in [5, 5.41) is 13.5. The predicted octanol–water partition coefficient (Wildman–Crippen LogP) is 3.15. The molecule has 1 fully saturated rings. The number of nitro benzene ring substituents is 1. The zero-order valence-electron chi connectivity index (χ0n) is 14.4. The number of non-ortho nitro benzene ring substituents is 1. The van der Waals surface area contributed by atoms with Crippen molar-refractivity contribution in [3.63, 3.8) is 0 Å². The normalized spacial score (nSPS) is 14.8. The van der Waals surface area contributed by atoms with E-state index >= 15 is 0 Å². The molecule has 9 heteroatoms. The maximum absolute atomic E-state index is 13.0. The highest BCUT2D eigenvalue weighted by molar-refractivity contribution is 6.34. The fraction of sp³-hybridized carbons (Fsp3) is 0.278. The van der Waals surface area contributed by atoms with Crippen LogP contribution in [0.15, 0.2) is 42.5 Å². The summed E-state index contributed by atoms with van der Waals surface area (Å²) in [6.07, 6.45) is 0. The first-order chi connectivity index (χ1) is 12.9. The summed E-state index contributed by atoms with van der Waals surface area (Å²) in [6.45, 7) is 3.05. The van der Waals surface area contributed by atoms with Crippen LogP contribution in [0.25, 0.3) is 0 Å². The largest absolute Gasteiger partial charge is 0.369 e. The Morgan fingerprint density at radius 2 is 1.81 bits per heavy atom. The third-order valence-electron chi connectivity index (χ3n) is 4.37. The number of amides is 1. The molecule has 1 heterocycles. The first kappa shape index (κ1) is 19.1. The van der Waals surface area contributed by atoms with Crippen molar-refractivity contribution in [2.75, 3.05) is 42.9 Å². The molecule has 0 unspecified atom stereocenters. The van der Waals surface area contributed by atoms with E-state index in [-0.39, 0.29) is 29.0 Å². The van der Waals surface area contributed by atoms with Crippen molar-refractivity contribution in [3.8, 4) is 0 Å². The van der Waals surface area contributed by atoms with Crippen LogP contribution in [0.2, 0.25) is 5.02 Å². The molecule has 7 nitrogen and oxygen atoms in total. The monoisotopic (exact) mass is 392 g/mol. The zero-order valence-corrected chi connectivity index (χ0v) is 15.2. The molecule has 142 valence electrons. The summed E-state index contributed by atoms with van der Waals surface area (Å²) in [5.41, 5.74) is 1.17. The van der Waals surface area contributed by atoms with E-state index in [1.807, 2.05) is 4.90 Å². The molecule has 2 aromatic rings. The quantitative estimate of drug-likeness (QED) is 0.624. The first-order valence-corrected chi connectivity index (χ1v) is 8.77. The molecule has 0 aromatic heterocycles. The summed E-state index contributed by atoms with van der Waals surface area (Å²) >= 11 is 5.99. The minimum Gasteiger partial charge on any atom is -0.369 e. The molecule has 1 N–H and O–H groups in total. The van der Waals surface area contributed by atoms with Gasteiger partial charge < -0.3 is 10.2 Å². The molecular formula is C18H18ClFN4O3. The average Bonchev–Trinajstić information content (AvgIpc) is 2.64. The van der Waals surface area contributed by atoms with Crippen molar-refractivity contribution in [1.82, 2.24) is 4.90 Å². The van der Waals surface area contributed by atoms with Gasteiger partial charge in [-0.2, -0.15) is 0 Å². The van der Waals surface area contributed by atoms with Crippen LogP contribution in [0, 0.1) is 15.9 Å². The molecule has 27 heavy (non-hydrogen) atoms. The Labute approximate surface area is 160 Å². The molecule has 1 saturated heterocycles. The zero-order chi connectivity index (χ0) is 19.4. The summed E-state index contributed by atoms with van der Waals surface area (Å²) in [6, 6.07) is 10.3. The highest BCUT2D eigenvalue weighted by Crippen LogP contribution is 2.26. The third kappa shape index (κ3) is 4.93. The molecule has 1 aliphatic heterocycles. The Morgan fingerprint density at radius 1 is 1.15 bits per heavy atom. The number of nitrogens with zero attached hydrogens (tertiary/aromatic N) is 3. The van der Waals surface area contributed by atoms with Gasteiger partial charge in [0.15, 0.2) is 0 Å². The minimum atomic E-state index is -0.544. The second-order valence-corrected chi connectivity index (χ2v) is 6.62. The number of anilines is 2. The molecule has 0 spiro atoms. The lowest BCUT2D eigenvalue weighted by atomic mass is 10.2. The van der Waals surface area contributed by atoms with Crippen LogP contribution in [0.1, 0.15) is 0 Å². The average molecular weight is 393 g/mol.